The van der Waals surface area contributed by atoms with Crippen molar-refractivity contribution in [2.24, 2.45) is 0 Å². The van der Waals surface area contributed by atoms with Crippen molar-refractivity contribution in [1.29, 1.82) is 0 Å². The van der Waals surface area contributed by atoms with Crippen molar-refractivity contribution in [3.8, 4) is 0 Å². The van der Waals surface area contributed by atoms with Gasteiger partial charge in [0.1, 0.15) is 0 Å². The fourth-order valence-electron chi connectivity index (χ4n) is 2.35. The van der Waals surface area contributed by atoms with Crippen LogP contribution < -0.4 is 0 Å². The zero-order valence-electron chi connectivity index (χ0n) is 9.09. The van der Waals surface area contributed by atoms with Gasteiger partial charge in [-0.15, -0.1) is 0 Å². The van der Waals surface area contributed by atoms with Gasteiger partial charge in [0, 0.05) is 0 Å². The summed E-state index contributed by atoms with van der Waals surface area (Å²) in [5.41, 5.74) is 1.19. The summed E-state index contributed by atoms with van der Waals surface area (Å²) < 4.78 is 30.6. The normalized spacial score (nSPS) is 17.5. The molecule has 90 valence electrons. The Morgan fingerprint density at radius 3 is 2.00 bits per heavy atom. The van der Waals surface area contributed by atoms with E-state index >= 15 is 0 Å². The van der Waals surface area contributed by atoms with Crippen LogP contribution in [0.15, 0.2) is 29.2 Å². The first-order valence-electron chi connectivity index (χ1n) is 5.65. The summed E-state index contributed by atoms with van der Waals surface area (Å²) in [4.78, 5) is -0.0212. The third-order valence-electron chi connectivity index (χ3n) is 3.25. The van der Waals surface area contributed by atoms with E-state index in [0.717, 1.165) is 0 Å². The van der Waals surface area contributed by atoms with E-state index in [0.29, 0.717) is 5.92 Å². The molecule has 0 amide bonds. The molecule has 0 spiro atoms. The number of benzene rings is 1. The van der Waals surface area contributed by atoms with Gasteiger partial charge >= 0.3 is 29.6 Å². The molecule has 0 aromatic heterocycles. The molecule has 0 saturated heterocycles. The number of rotatable bonds is 2. The van der Waals surface area contributed by atoms with Crippen LogP contribution >= 0.6 is 0 Å². The second kappa shape index (κ2) is 6.34. The predicted octanol–water partition coefficient (Wildman–Crippen LogP) is 2.33. The average molecular weight is 264 g/mol. The van der Waals surface area contributed by atoms with Gasteiger partial charge in [-0.1, -0.05) is 31.4 Å². The first-order valence-corrected chi connectivity index (χ1v) is 7.09. The molecule has 0 unspecified atom stereocenters. The molecule has 1 saturated carbocycles. The maximum absolute atomic E-state index is 10.9. The van der Waals surface area contributed by atoms with Gasteiger partial charge in [0.2, 0.25) is 0 Å². The Bertz CT molecular complexity index is 447. The van der Waals surface area contributed by atoms with Crippen molar-refractivity contribution in [2.75, 3.05) is 0 Å². The molecule has 0 atom stereocenters. The van der Waals surface area contributed by atoms with Gasteiger partial charge in [0.15, 0.2) is 0 Å². The predicted molar refractivity (Wildman–Crippen MR) is 69.2 cm³/mol. The zero-order valence-corrected chi connectivity index (χ0v) is 9.91. The van der Waals surface area contributed by atoms with E-state index in [1.165, 1.54) is 49.8 Å². The second-order valence-electron chi connectivity index (χ2n) is 4.38. The second-order valence-corrected chi connectivity index (χ2v) is 5.80. The molecule has 0 heterocycles. The summed E-state index contributed by atoms with van der Waals surface area (Å²) in [6, 6.07) is 6.61. The molecule has 1 aliphatic carbocycles. The molecule has 0 aliphatic heterocycles. The van der Waals surface area contributed by atoms with E-state index < -0.39 is 10.1 Å². The van der Waals surface area contributed by atoms with Crippen LogP contribution in [-0.2, 0) is 10.1 Å². The van der Waals surface area contributed by atoms with E-state index in [-0.39, 0.29) is 34.5 Å². The van der Waals surface area contributed by atoms with Gasteiger partial charge in [0.25, 0.3) is 10.1 Å². The fourth-order valence-corrected chi connectivity index (χ4v) is 2.83. The Morgan fingerprint density at radius 2 is 1.53 bits per heavy atom. The molecule has 5 heteroatoms. The van der Waals surface area contributed by atoms with Gasteiger partial charge in [-0.25, -0.2) is 0 Å². The molecule has 1 N–H and O–H groups in total. The Hall–Kier alpha value is 0.130. The van der Waals surface area contributed by atoms with Crippen LogP contribution in [0.2, 0.25) is 0 Å². The third-order valence-corrected chi connectivity index (χ3v) is 4.12. The molecule has 0 bridgehead atoms. The van der Waals surface area contributed by atoms with Gasteiger partial charge < -0.3 is 0 Å². The topological polar surface area (TPSA) is 54.4 Å². The van der Waals surface area contributed by atoms with Gasteiger partial charge in [0.05, 0.1) is 4.90 Å². The Balaban J connectivity index is 0.00000144. The number of hydrogen-bond acceptors (Lipinski definition) is 2. The first-order chi connectivity index (χ1) is 7.57. The van der Waals surface area contributed by atoms with Crippen LogP contribution in [0, 0.1) is 0 Å². The summed E-state index contributed by atoms with van der Waals surface area (Å²) in [5.74, 6) is 0.559. The van der Waals surface area contributed by atoms with Crippen LogP contribution in [0.4, 0.5) is 0 Å². The van der Waals surface area contributed by atoms with E-state index in [1.807, 2.05) is 12.1 Å². The van der Waals surface area contributed by atoms with Gasteiger partial charge in [-0.3, -0.25) is 4.55 Å². The minimum atomic E-state index is -4.05. The average Bonchev–Trinajstić information content (AvgIpc) is 2.29. The van der Waals surface area contributed by atoms with Crippen LogP contribution in [0.1, 0.15) is 43.6 Å². The van der Waals surface area contributed by atoms with Crippen molar-refractivity contribution < 1.29 is 13.0 Å². The molecule has 1 aliphatic rings. The molecule has 1 aromatic carbocycles. The minimum absolute atomic E-state index is 0. The van der Waals surface area contributed by atoms with Crippen molar-refractivity contribution in [1.82, 2.24) is 0 Å². The van der Waals surface area contributed by atoms with E-state index in [1.54, 1.807) is 0 Å². The Kier molecular flexibility index (Phi) is 5.67. The maximum atomic E-state index is 10.9. The van der Waals surface area contributed by atoms with Crippen molar-refractivity contribution in [2.45, 2.75) is 42.9 Å². The van der Waals surface area contributed by atoms with Gasteiger partial charge in [-0.2, -0.15) is 8.42 Å². The molecule has 1 aromatic rings. The van der Waals surface area contributed by atoms with Crippen LogP contribution in [0.3, 0.4) is 0 Å². The third kappa shape index (κ3) is 4.07. The molecule has 17 heavy (non-hydrogen) atoms. The van der Waals surface area contributed by atoms with Crippen molar-refractivity contribution in [3.63, 3.8) is 0 Å². The van der Waals surface area contributed by atoms with Crippen LogP contribution in [0.5, 0.6) is 0 Å². The summed E-state index contributed by atoms with van der Waals surface area (Å²) in [6.45, 7) is 0. The monoisotopic (exact) mass is 264 g/mol. The fraction of sp³-hybridized carbons (Fsp3) is 0.500. The van der Waals surface area contributed by atoms with Gasteiger partial charge in [-0.05, 0) is 36.5 Å². The molecule has 2 rings (SSSR count). The van der Waals surface area contributed by atoms with Crippen molar-refractivity contribution >= 4 is 39.7 Å². The number of hydrogen-bond donors (Lipinski definition) is 1. The summed E-state index contributed by atoms with van der Waals surface area (Å²) in [7, 11) is -4.05. The summed E-state index contributed by atoms with van der Waals surface area (Å²) in [5, 5.41) is 0. The van der Waals surface area contributed by atoms with E-state index in [2.05, 4.69) is 0 Å². The van der Waals surface area contributed by atoms with E-state index in [9.17, 15) is 8.42 Å². The molecule has 3 nitrogen and oxygen atoms in total. The quantitative estimate of drug-likeness (QED) is 0.659. The van der Waals surface area contributed by atoms with Crippen molar-refractivity contribution in [3.05, 3.63) is 29.8 Å². The van der Waals surface area contributed by atoms with E-state index in [4.69, 9.17) is 4.55 Å². The van der Waals surface area contributed by atoms with Crippen LogP contribution in [-0.4, -0.2) is 42.5 Å². The molecule has 1 fully saturated rings. The summed E-state index contributed by atoms with van der Waals surface area (Å²) >= 11 is 0. The molecule has 0 radical (unpaired) electrons. The summed E-state index contributed by atoms with van der Waals surface area (Å²) in [6.07, 6.45) is 6.19. The molecular weight excluding hydrogens is 247 g/mol. The zero-order chi connectivity index (χ0) is 11.6. The standard InChI is InChI=1S/C12H16O3S.Na.H/c13-16(14,15)12-8-6-11(7-9-12)10-4-2-1-3-5-10;;/h6-10H,1-5H2,(H,13,14,15);;. The molecular formula is C12H17NaO3S. The SMILES string of the molecule is O=S(=O)(O)c1ccc(C2CCCCC2)cc1.[NaH]. The Labute approximate surface area is 125 Å². The first kappa shape index (κ1) is 15.2. The van der Waals surface area contributed by atoms with Crippen LogP contribution in [0.25, 0.3) is 0 Å². The Morgan fingerprint density at radius 1 is 1.00 bits per heavy atom.